The molecule has 1 unspecified atom stereocenters. The molecule has 0 radical (unpaired) electrons. The van der Waals surface area contributed by atoms with E-state index in [9.17, 15) is 14.7 Å². The lowest BCUT2D eigenvalue weighted by molar-refractivity contribution is -0.140. The first-order valence-corrected chi connectivity index (χ1v) is 11.2. The number of carbonyl (C=O) groups excluding carboxylic acids is 2. The number of hydrogen-bond donors (Lipinski definition) is 1. The fraction of sp³-hybridized carbons (Fsp3) is 0.231. The number of likely N-dealkylation sites (tertiary alicyclic amines) is 1. The zero-order valence-electron chi connectivity index (χ0n) is 18.2. The highest BCUT2D eigenvalue weighted by atomic mass is 35.5. The van der Waals surface area contributed by atoms with Gasteiger partial charge in [0.2, 0.25) is 0 Å². The first-order chi connectivity index (χ1) is 16.0. The molecule has 1 amide bonds. The predicted octanol–water partition coefficient (Wildman–Crippen LogP) is 5.39. The zero-order valence-corrected chi connectivity index (χ0v) is 18.9. The molecule has 3 aromatic rings. The second kappa shape index (κ2) is 9.96. The minimum absolute atomic E-state index is 0.00767. The number of amides is 1. The van der Waals surface area contributed by atoms with E-state index in [4.69, 9.17) is 20.8 Å². The monoisotopic (exact) mass is 465 g/mol. The molecule has 1 atom stereocenters. The summed E-state index contributed by atoms with van der Waals surface area (Å²) in [6, 6.07) is 16.7. The molecule has 1 saturated heterocycles. The van der Waals surface area contributed by atoms with Crippen molar-refractivity contribution in [3.05, 3.63) is 94.4 Å². The number of halogens is 1. The maximum absolute atomic E-state index is 13.0. The average Bonchev–Trinajstić information content (AvgIpc) is 3.44. The van der Waals surface area contributed by atoms with Crippen LogP contribution >= 0.6 is 11.6 Å². The molecular weight excluding hydrogens is 442 g/mol. The van der Waals surface area contributed by atoms with Gasteiger partial charge in [-0.3, -0.25) is 9.59 Å². The molecule has 0 spiro atoms. The molecule has 2 aromatic carbocycles. The van der Waals surface area contributed by atoms with Crippen molar-refractivity contribution in [1.82, 2.24) is 4.90 Å². The van der Waals surface area contributed by atoms with Crippen molar-refractivity contribution in [1.29, 1.82) is 0 Å². The van der Waals surface area contributed by atoms with Gasteiger partial charge in [0.1, 0.15) is 23.3 Å². The lowest BCUT2D eigenvalue weighted by atomic mass is 9.99. The molecule has 4 rings (SSSR count). The van der Waals surface area contributed by atoms with Crippen LogP contribution in [0.1, 0.15) is 36.3 Å². The number of benzene rings is 2. The molecule has 170 valence electrons. The molecule has 33 heavy (non-hydrogen) atoms. The molecule has 0 saturated carbocycles. The van der Waals surface area contributed by atoms with Crippen molar-refractivity contribution >= 4 is 29.1 Å². The predicted molar refractivity (Wildman–Crippen MR) is 125 cm³/mol. The quantitative estimate of drug-likeness (QED) is 0.274. The summed E-state index contributed by atoms with van der Waals surface area (Å²) in [7, 11) is 0. The number of aliphatic hydroxyl groups is 1. The summed E-state index contributed by atoms with van der Waals surface area (Å²) in [5.74, 6) is -0.578. The maximum Gasteiger partial charge on any atom is 0.295 e. The lowest BCUT2D eigenvalue weighted by Gasteiger charge is -2.23. The minimum atomic E-state index is -0.816. The Kier molecular flexibility index (Phi) is 6.84. The number of nitrogens with zero attached hydrogens (tertiary/aromatic N) is 1. The second-order valence-electron chi connectivity index (χ2n) is 7.76. The molecule has 2 heterocycles. The van der Waals surface area contributed by atoms with Gasteiger partial charge in [-0.15, -0.1) is 0 Å². The van der Waals surface area contributed by atoms with E-state index in [-0.39, 0.29) is 17.9 Å². The van der Waals surface area contributed by atoms with E-state index < -0.39 is 17.7 Å². The van der Waals surface area contributed by atoms with Gasteiger partial charge in [-0.25, -0.2) is 0 Å². The van der Waals surface area contributed by atoms with Gasteiger partial charge in [0.05, 0.1) is 18.4 Å². The summed E-state index contributed by atoms with van der Waals surface area (Å²) >= 11 is 5.96. The van der Waals surface area contributed by atoms with Crippen LogP contribution in [0.5, 0.6) is 5.75 Å². The number of ketones is 1. The zero-order chi connectivity index (χ0) is 23.4. The van der Waals surface area contributed by atoms with Gasteiger partial charge in [-0.05, 0) is 66.9 Å². The largest absolute Gasteiger partial charge is 0.507 e. The Balaban J connectivity index is 1.66. The standard InChI is InChI=1S/C26H24ClNO5/c1-2-15-32-20-11-7-18(8-12-20)24(29)22-23(21-4-3-16-33-21)28(26(31)25(22)30)14-13-17-5-9-19(27)10-6-17/h3-12,16,23,29H,2,13-15H2,1H3/b24-22-. The van der Waals surface area contributed by atoms with Crippen LogP contribution in [0.2, 0.25) is 5.02 Å². The normalized spacial score (nSPS) is 17.5. The van der Waals surface area contributed by atoms with Crippen molar-refractivity contribution in [3.63, 3.8) is 0 Å². The fourth-order valence-electron chi connectivity index (χ4n) is 3.84. The summed E-state index contributed by atoms with van der Waals surface area (Å²) in [5, 5.41) is 11.7. The number of Topliss-reactive ketones (excluding diaryl/α,β-unsaturated/α-hetero) is 1. The van der Waals surface area contributed by atoms with Crippen LogP contribution in [0.4, 0.5) is 0 Å². The van der Waals surface area contributed by atoms with Gasteiger partial charge in [0.25, 0.3) is 11.7 Å². The first-order valence-electron chi connectivity index (χ1n) is 10.8. The SMILES string of the molecule is CCCOc1ccc(/C(O)=C2/C(=O)C(=O)N(CCc3ccc(Cl)cc3)C2c2ccco2)cc1. The Hall–Kier alpha value is -3.51. The first kappa shape index (κ1) is 22.7. The third-order valence-electron chi connectivity index (χ3n) is 5.51. The van der Waals surface area contributed by atoms with E-state index in [0.717, 1.165) is 12.0 Å². The number of aliphatic hydroxyl groups excluding tert-OH is 1. The highest BCUT2D eigenvalue weighted by Gasteiger charge is 2.47. The Morgan fingerprint density at radius 1 is 1.09 bits per heavy atom. The molecule has 1 fully saturated rings. The number of hydrogen-bond acceptors (Lipinski definition) is 5. The third kappa shape index (κ3) is 4.81. The lowest BCUT2D eigenvalue weighted by Crippen LogP contribution is -2.31. The van der Waals surface area contributed by atoms with Gasteiger partial charge in [-0.1, -0.05) is 30.7 Å². The van der Waals surface area contributed by atoms with Crippen molar-refractivity contribution in [2.45, 2.75) is 25.8 Å². The van der Waals surface area contributed by atoms with E-state index >= 15 is 0 Å². The number of carbonyl (C=O) groups is 2. The van der Waals surface area contributed by atoms with E-state index in [1.807, 2.05) is 19.1 Å². The molecule has 1 N–H and O–H groups in total. The summed E-state index contributed by atoms with van der Waals surface area (Å²) in [4.78, 5) is 27.4. The Morgan fingerprint density at radius 2 is 1.82 bits per heavy atom. The van der Waals surface area contributed by atoms with Crippen molar-refractivity contribution in [2.24, 2.45) is 0 Å². The molecular formula is C26H24ClNO5. The van der Waals surface area contributed by atoms with Crippen LogP contribution < -0.4 is 4.74 Å². The maximum atomic E-state index is 13.0. The minimum Gasteiger partial charge on any atom is -0.507 e. The Labute approximate surface area is 197 Å². The number of rotatable bonds is 8. The van der Waals surface area contributed by atoms with E-state index in [1.165, 1.54) is 11.2 Å². The molecule has 1 aromatic heterocycles. The van der Waals surface area contributed by atoms with Crippen molar-refractivity contribution < 1.29 is 23.8 Å². The smallest absolute Gasteiger partial charge is 0.295 e. The molecule has 6 nitrogen and oxygen atoms in total. The van der Waals surface area contributed by atoms with Crippen LogP contribution in [-0.2, 0) is 16.0 Å². The van der Waals surface area contributed by atoms with Crippen LogP contribution in [0.25, 0.3) is 5.76 Å². The Bertz CT molecular complexity index is 1150. The van der Waals surface area contributed by atoms with Crippen LogP contribution in [-0.4, -0.2) is 34.8 Å². The highest BCUT2D eigenvalue weighted by molar-refractivity contribution is 6.46. The van der Waals surface area contributed by atoms with Crippen LogP contribution in [0.15, 0.2) is 76.9 Å². The van der Waals surface area contributed by atoms with Gasteiger partial charge in [-0.2, -0.15) is 0 Å². The molecule has 1 aliphatic rings. The molecule has 0 aliphatic carbocycles. The summed E-state index contributed by atoms with van der Waals surface area (Å²) in [5.41, 5.74) is 1.40. The van der Waals surface area contributed by atoms with E-state index in [2.05, 4.69) is 0 Å². The van der Waals surface area contributed by atoms with Gasteiger partial charge < -0.3 is 19.2 Å². The van der Waals surface area contributed by atoms with Crippen molar-refractivity contribution in [3.8, 4) is 5.75 Å². The topological polar surface area (TPSA) is 80.0 Å². The molecule has 0 bridgehead atoms. The van der Waals surface area contributed by atoms with Gasteiger partial charge in [0, 0.05) is 17.1 Å². The summed E-state index contributed by atoms with van der Waals surface area (Å²) < 4.78 is 11.1. The van der Waals surface area contributed by atoms with Gasteiger partial charge in [0.15, 0.2) is 0 Å². The molecule has 1 aliphatic heterocycles. The van der Waals surface area contributed by atoms with E-state index in [0.29, 0.717) is 35.1 Å². The fourth-order valence-corrected chi connectivity index (χ4v) is 3.96. The average molecular weight is 466 g/mol. The van der Waals surface area contributed by atoms with Crippen LogP contribution in [0, 0.1) is 0 Å². The second-order valence-corrected chi connectivity index (χ2v) is 8.19. The number of ether oxygens (including phenoxy) is 1. The van der Waals surface area contributed by atoms with Crippen molar-refractivity contribution in [2.75, 3.05) is 13.2 Å². The number of furan rings is 1. The van der Waals surface area contributed by atoms with Crippen LogP contribution in [0.3, 0.4) is 0 Å². The molecule has 7 heteroatoms. The van der Waals surface area contributed by atoms with Gasteiger partial charge >= 0.3 is 0 Å². The Morgan fingerprint density at radius 3 is 2.45 bits per heavy atom. The third-order valence-corrected chi connectivity index (χ3v) is 5.76. The highest BCUT2D eigenvalue weighted by Crippen LogP contribution is 2.39. The van der Waals surface area contributed by atoms with E-state index in [1.54, 1.807) is 48.5 Å². The summed E-state index contributed by atoms with van der Waals surface area (Å²) in [6.07, 6.45) is 2.88. The summed E-state index contributed by atoms with van der Waals surface area (Å²) in [6.45, 7) is 2.88.